The Kier molecular flexibility index (Phi) is 4.19. The Hall–Kier alpha value is -1.85. The second kappa shape index (κ2) is 5.86. The molecular weight excluding hydrogens is 264 g/mol. The van der Waals surface area contributed by atoms with Crippen molar-refractivity contribution in [3.05, 3.63) is 40.7 Å². The van der Waals surface area contributed by atoms with Crippen molar-refractivity contribution in [2.24, 2.45) is 0 Å². The second-order valence-corrected chi connectivity index (χ2v) is 4.52. The van der Waals surface area contributed by atoms with Crippen molar-refractivity contribution in [1.82, 2.24) is 9.97 Å². The Bertz CT molecular complexity index is 589. The molecule has 2 rings (SSSR count). The number of aryl methyl sites for hydroxylation is 1. The fourth-order valence-electron chi connectivity index (χ4n) is 1.59. The lowest BCUT2D eigenvalue weighted by molar-refractivity contribution is 0.178. The highest BCUT2D eigenvalue weighted by Gasteiger charge is 2.04. The number of hydrogen-bond donors (Lipinski definition) is 2. The zero-order valence-corrected chi connectivity index (χ0v) is 11.5. The van der Waals surface area contributed by atoms with E-state index in [1.54, 1.807) is 13.2 Å². The number of halogens is 1. The zero-order chi connectivity index (χ0) is 13.8. The van der Waals surface area contributed by atoms with Crippen LogP contribution in [0.25, 0.3) is 0 Å². The zero-order valence-electron chi connectivity index (χ0n) is 10.8. The van der Waals surface area contributed by atoms with Crippen molar-refractivity contribution in [2.45, 2.75) is 13.5 Å². The summed E-state index contributed by atoms with van der Waals surface area (Å²) in [6.45, 7) is 2.26. The van der Waals surface area contributed by atoms with Crippen LogP contribution >= 0.6 is 11.6 Å². The predicted molar refractivity (Wildman–Crippen MR) is 76.6 cm³/mol. The maximum absolute atomic E-state index is 6.07. The van der Waals surface area contributed by atoms with Crippen molar-refractivity contribution < 1.29 is 4.74 Å². The normalized spacial score (nSPS) is 10.5. The average molecular weight is 279 g/mol. The molecule has 0 fully saturated rings. The van der Waals surface area contributed by atoms with E-state index in [9.17, 15) is 0 Å². The first-order valence-electron chi connectivity index (χ1n) is 5.74. The van der Waals surface area contributed by atoms with Crippen LogP contribution < -0.4 is 11.1 Å². The number of nitrogens with two attached hydrogens (primary N) is 1. The molecule has 3 N–H and O–H groups in total. The highest BCUT2D eigenvalue weighted by molar-refractivity contribution is 6.31. The standard InChI is InChI=1S/C13H15ClN4O/c1-8-3-4-9(5-10(8)14)16-12-6-11(15)17-13(18-12)7-19-2/h3-6H,7H2,1-2H3,(H3,15,16,17,18). The predicted octanol–water partition coefficient (Wildman–Crippen LogP) is 2.91. The molecule has 2 aromatic rings. The number of hydrogen-bond acceptors (Lipinski definition) is 5. The molecule has 6 heteroatoms. The molecule has 0 bridgehead atoms. The third-order valence-corrected chi connectivity index (χ3v) is 2.92. The van der Waals surface area contributed by atoms with E-state index < -0.39 is 0 Å². The summed E-state index contributed by atoms with van der Waals surface area (Å²) < 4.78 is 4.99. The molecule has 1 aromatic carbocycles. The summed E-state index contributed by atoms with van der Waals surface area (Å²) in [5, 5.41) is 3.84. The van der Waals surface area contributed by atoms with Crippen LogP contribution in [0.2, 0.25) is 5.02 Å². The number of ether oxygens (including phenoxy) is 1. The maximum Gasteiger partial charge on any atom is 0.158 e. The van der Waals surface area contributed by atoms with Crippen molar-refractivity contribution >= 4 is 28.9 Å². The Balaban J connectivity index is 2.24. The lowest BCUT2D eigenvalue weighted by atomic mass is 10.2. The summed E-state index contributed by atoms with van der Waals surface area (Å²) in [6, 6.07) is 7.36. The summed E-state index contributed by atoms with van der Waals surface area (Å²) in [4.78, 5) is 8.37. The SMILES string of the molecule is COCc1nc(N)cc(Nc2ccc(C)c(Cl)c2)n1. The lowest BCUT2D eigenvalue weighted by Gasteiger charge is -2.09. The summed E-state index contributed by atoms with van der Waals surface area (Å²) in [7, 11) is 1.58. The number of methoxy groups -OCH3 is 1. The lowest BCUT2D eigenvalue weighted by Crippen LogP contribution is -2.04. The molecule has 19 heavy (non-hydrogen) atoms. The fraction of sp³-hybridized carbons (Fsp3) is 0.231. The largest absolute Gasteiger partial charge is 0.384 e. The van der Waals surface area contributed by atoms with E-state index in [0.29, 0.717) is 29.1 Å². The number of nitrogens with one attached hydrogen (secondary N) is 1. The summed E-state index contributed by atoms with van der Waals surface area (Å²) in [5.74, 6) is 1.53. The first kappa shape index (κ1) is 13.6. The molecule has 1 aromatic heterocycles. The van der Waals surface area contributed by atoms with Gasteiger partial charge < -0.3 is 15.8 Å². The molecule has 0 amide bonds. The van der Waals surface area contributed by atoms with Gasteiger partial charge in [-0.05, 0) is 24.6 Å². The van der Waals surface area contributed by atoms with Crippen molar-refractivity contribution in [3.63, 3.8) is 0 Å². The smallest absolute Gasteiger partial charge is 0.158 e. The van der Waals surface area contributed by atoms with Gasteiger partial charge in [-0.2, -0.15) is 0 Å². The van der Waals surface area contributed by atoms with Crippen molar-refractivity contribution in [2.75, 3.05) is 18.2 Å². The number of aromatic nitrogens is 2. The molecule has 5 nitrogen and oxygen atoms in total. The Morgan fingerprint density at radius 3 is 2.79 bits per heavy atom. The number of anilines is 3. The fourth-order valence-corrected chi connectivity index (χ4v) is 1.77. The van der Waals surface area contributed by atoms with Gasteiger partial charge in [-0.1, -0.05) is 17.7 Å². The molecule has 0 radical (unpaired) electrons. The molecule has 0 spiro atoms. The van der Waals surface area contributed by atoms with Crippen LogP contribution in [-0.4, -0.2) is 17.1 Å². The molecule has 0 unspecified atom stereocenters. The molecule has 0 saturated heterocycles. The van der Waals surface area contributed by atoms with Gasteiger partial charge in [-0.15, -0.1) is 0 Å². The average Bonchev–Trinajstić information content (AvgIpc) is 2.33. The van der Waals surface area contributed by atoms with Crippen LogP contribution in [0.4, 0.5) is 17.3 Å². The summed E-state index contributed by atoms with van der Waals surface area (Å²) in [6.07, 6.45) is 0. The summed E-state index contributed by atoms with van der Waals surface area (Å²) >= 11 is 6.07. The minimum absolute atomic E-state index is 0.314. The third kappa shape index (κ3) is 3.56. The molecule has 1 heterocycles. The molecule has 100 valence electrons. The van der Waals surface area contributed by atoms with Crippen molar-refractivity contribution in [1.29, 1.82) is 0 Å². The van der Waals surface area contributed by atoms with E-state index in [2.05, 4.69) is 15.3 Å². The van der Waals surface area contributed by atoms with Crippen LogP contribution in [-0.2, 0) is 11.3 Å². The van der Waals surface area contributed by atoms with Gasteiger partial charge in [0.05, 0.1) is 0 Å². The highest BCUT2D eigenvalue weighted by atomic mass is 35.5. The minimum Gasteiger partial charge on any atom is -0.384 e. The van der Waals surface area contributed by atoms with Gasteiger partial charge in [0.15, 0.2) is 5.82 Å². The van der Waals surface area contributed by atoms with Gasteiger partial charge in [0, 0.05) is 23.9 Å². The van der Waals surface area contributed by atoms with E-state index in [-0.39, 0.29) is 0 Å². The number of nitrogen functional groups attached to an aromatic ring is 1. The van der Waals surface area contributed by atoms with Crippen LogP contribution in [0.15, 0.2) is 24.3 Å². The Morgan fingerprint density at radius 2 is 2.11 bits per heavy atom. The van der Waals surface area contributed by atoms with Crippen LogP contribution in [0.1, 0.15) is 11.4 Å². The number of rotatable bonds is 4. The van der Waals surface area contributed by atoms with E-state index in [0.717, 1.165) is 11.3 Å². The first-order valence-corrected chi connectivity index (χ1v) is 6.12. The quantitative estimate of drug-likeness (QED) is 0.900. The molecule has 0 atom stereocenters. The van der Waals surface area contributed by atoms with Gasteiger partial charge in [0.2, 0.25) is 0 Å². The third-order valence-electron chi connectivity index (χ3n) is 2.51. The maximum atomic E-state index is 6.07. The topological polar surface area (TPSA) is 73.1 Å². The second-order valence-electron chi connectivity index (χ2n) is 4.12. The Morgan fingerprint density at radius 1 is 1.32 bits per heavy atom. The van der Waals surface area contributed by atoms with Crippen LogP contribution in [0.5, 0.6) is 0 Å². The number of nitrogens with zero attached hydrogens (tertiary/aromatic N) is 2. The Labute approximate surface area is 116 Å². The highest BCUT2D eigenvalue weighted by Crippen LogP contribution is 2.23. The van der Waals surface area contributed by atoms with Gasteiger partial charge >= 0.3 is 0 Å². The first-order chi connectivity index (χ1) is 9.08. The van der Waals surface area contributed by atoms with Gasteiger partial charge in [0.25, 0.3) is 0 Å². The molecular formula is C13H15ClN4O. The van der Waals surface area contributed by atoms with Crippen LogP contribution in [0.3, 0.4) is 0 Å². The monoisotopic (exact) mass is 278 g/mol. The molecule has 0 aliphatic rings. The molecule has 0 saturated carbocycles. The van der Waals surface area contributed by atoms with Gasteiger partial charge in [-0.3, -0.25) is 0 Å². The van der Waals surface area contributed by atoms with E-state index in [4.69, 9.17) is 22.1 Å². The minimum atomic E-state index is 0.314. The van der Waals surface area contributed by atoms with E-state index in [1.165, 1.54) is 0 Å². The number of benzene rings is 1. The molecule has 0 aliphatic heterocycles. The van der Waals surface area contributed by atoms with Gasteiger partial charge in [-0.25, -0.2) is 9.97 Å². The van der Waals surface area contributed by atoms with E-state index in [1.807, 2.05) is 25.1 Å². The summed E-state index contributed by atoms with van der Waals surface area (Å²) in [5.41, 5.74) is 7.59. The van der Waals surface area contributed by atoms with E-state index >= 15 is 0 Å². The van der Waals surface area contributed by atoms with Crippen molar-refractivity contribution in [3.8, 4) is 0 Å². The van der Waals surface area contributed by atoms with Gasteiger partial charge in [0.1, 0.15) is 18.2 Å². The van der Waals surface area contributed by atoms with Crippen LogP contribution in [0, 0.1) is 6.92 Å². The molecule has 0 aliphatic carbocycles.